The summed E-state index contributed by atoms with van der Waals surface area (Å²) < 4.78 is 7.20. The summed E-state index contributed by atoms with van der Waals surface area (Å²) in [6, 6.07) is 5.73. The van der Waals surface area contributed by atoms with E-state index in [0.717, 1.165) is 55.6 Å². The maximum absolute atomic E-state index is 6.26. The van der Waals surface area contributed by atoms with E-state index in [0.29, 0.717) is 5.02 Å². The smallest absolute Gasteiger partial charge is 0.191 e. The largest absolute Gasteiger partial charge is 0.497 e. The lowest BCUT2D eigenvalue weighted by atomic mass is 10.1. The van der Waals surface area contributed by atoms with Gasteiger partial charge in [0.2, 0.25) is 0 Å². The zero-order chi connectivity index (χ0) is 18.1. The molecule has 0 spiro atoms. The monoisotopic (exact) mass is 364 g/mol. The molecule has 1 aromatic heterocycles. The van der Waals surface area contributed by atoms with Gasteiger partial charge in [0.05, 0.1) is 7.11 Å². The molecule has 0 aliphatic rings. The summed E-state index contributed by atoms with van der Waals surface area (Å²) in [4.78, 5) is 4.23. The van der Waals surface area contributed by atoms with Crippen molar-refractivity contribution in [2.24, 2.45) is 4.99 Å². The number of methoxy groups -OCH3 is 1. The van der Waals surface area contributed by atoms with Crippen molar-refractivity contribution in [3.8, 4) is 5.75 Å². The second-order valence-electron chi connectivity index (χ2n) is 5.43. The second kappa shape index (κ2) is 9.88. The quantitative estimate of drug-likeness (QED) is 0.552. The van der Waals surface area contributed by atoms with Gasteiger partial charge in [0, 0.05) is 38.1 Å². The van der Waals surface area contributed by atoms with Crippen molar-refractivity contribution in [2.45, 2.75) is 26.3 Å². The first kappa shape index (κ1) is 19.1. The number of aliphatic imine (C=N–C) groups is 1. The van der Waals surface area contributed by atoms with Crippen molar-refractivity contribution >= 4 is 17.6 Å². The van der Waals surface area contributed by atoms with Gasteiger partial charge in [0.15, 0.2) is 5.96 Å². The molecule has 7 nitrogen and oxygen atoms in total. The molecule has 2 N–H and O–H groups in total. The Morgan fingerprint density at radius 1 is 1.32 bits per heavy atom. The van der Waals surface area contributed by atoms with Crippen LogP contribution in [-0.4, -0.2) is 48.0 Å². The number of hydrogen-bond donors (Lipinski definition) is 2. The Labute approximate surface area is 153 Å². The minimum Gasteiger partial charge on any atom is -0.497 e. The van der Waals surface area contributed by atoms with Gasteiger partial charge in [-0.1, -0.05) is 24.6 Å². The highest BCUT2D eigenvalue weighted by Gasteiger charge is 2.04. The maximum Gasteiger partial charge on any atom is 0.191 e. The van der Waals surface area contributed by atoms with E-state index in [4.69, 9.17) is 16.3 Å². The van der Waals surface area contributed by atoms with E-state index >= 15 is 0 Å². The molecular weight excluding hydrogens is 340 g/mol. The van der Waals surface area contributed by atoms with Crippen LogP contribution in [0.15, 0.2) is 29.5 Å². The normalized spacial score (nSPS) is 11.4. The number of rotatable bonds is 8. The highest BCUT2D eigenvalue weighted by molar-refractivity contribution is 6.31. The molecule has 0 bridgehead atoms. The van der Waals surface area contributed by atoms with Crippen molar-refractivity contribution in [1.82, 2.24) is 25.4 Å². The van der Waals surface area contributed by atoms with E-state index in [1.165, 1.54) is 0 Å². The Balaban J connectivity index is 1.75. The predicted octanol–water partition coefficient (Wildman–Crippen LogP) is 1.91. The van der Waals surface area contributed by atoms with Crippen LogP contribution in [0, 0.1) is 0 Å². The molecule has 1 aromatic carbocycles. The van der Waals surface area contributed by atoms with Gasteiger partial charge in [-0.25, -0.2) is 0 Å². The molecule has 0 aliphatic carbocycles. The lowest BCUT2D eigenvalue weighted by Crippen LogP contribution is -2.39. The Kier molecular flexibility index (Phi) is 7.53. The zero-order valence-corrected chi connectivity index (χ0v) is 15.7. The fourth-order valence-electron chi connectivity index (χ4n) is 2.43. The number of nitrogens with zero attached hydrogens (tertiary/aromatic N) is 4. The summed E-state index contributed by atoms with van der Waals surface area (Å²) >= 11 is 6.26. The van der Waals surface area contributed by atoms with Gasteiger partial charge >= 0.3 is 0 Å². The fraction of sp³-hybridized carbons (Fsp3) is 0.471. The zero-order valence-electron chi connectivity index (χ0n) is 14.9. The number of guanidine groups is 1. The molecule has 0 amide bonds. The van der Waals surface area contributed by atoms with Crippen molar-refractivity contribution in [3.63, 3.8) is 0 Å². The number of ether oxygens (including phenoxy) is 1. The molecule has 0 radical (unpaired) electrons. The average molecular weight is 365 g/mol. The first-order valence-electron chi connectivity index (χ1n) is 8.31. The van der Waals surface area contributed by atoms with E-state index in [1.54, 1.807) is 20.5 Å². The molecule has 25 heavy (non-hydrogen) atoms. The molecule has 0 fully saturated rings. The number of hydrogen-bond acceptors (Lipinski definition) is 4. The Hall–Kier alpha value is -2.28. The molecular formula is C17H25ClN6O. The summed E-state index contributed by atoms with van der Waals surface area (Å²) in [7, 11) is 3.39. The van der Waals surface area contributed by atoms with Gasteiger partial charge in [-0.2, -0.15) is 0 Å². The molecule has 2 rings (SSSR count). The third-order valence-electron chi connectivity index (χ3n) is 3.83. The Morgan fingerprint density at radius 3 is 2.80 bits per heavy atom. The first-order valence-corrected chi connectivity index (χ1v) is 8.69. The molecule has 136 valence electrons. The number of halogens is 1. The number of aromatic nitrogens is 3. The topological polar surface area (TPSA) is 76.4 Å². The summed E-state index contributed by atoms with van der Waals surface area (Å²) in [6.45, 7) is 4.34. The first-order chi connectivity index (χ1) is 12.2. The minimum atomic E-state index is 0.712. The van der Waals surface area contributed by atoms with Gasteiger partial charge < -0.3 is 19.9 Å². The lowest BCUT2D eigenvalue weighted by molar-refractivity contribution is 0.414. The van der Waals surface area contributed by atoms with Crippen molar-refractivity contribution in [2.75, 3.05) is 27.2 Å². The molecule has 0 saturated carbocycles. The van der Waals surface area contributed by atoms with E-state index in [2.05, 4.69) is 32.7 Å². The van der Waals surface area contributed by atoms with E-state index in [-0.39, 0.29) is 0 Å². The van der Waals surface area contributed by atoms with Gasteiger partial charge in [0.25, 0.3) is 0 Å². The fourth-order valence-corrected chi connectivity index (χ4v) is 2.69. The highest BCUT2D eigenvalue weighted by Crippen LogP contribution is 2.22. The van der Waals surface area contributed by atoms with Crippen LogP contribution < -0.4 is 15.4 Å². The van der Waals surface area contributed by atoms with Crippen LogP contribution in [0.25, 0.3) is 0 Å². The summed E-state index contributed by atoms with van der Waals surface area (Å²) in [5.74, 6) is 2.51. The third-order valence-corrected chi connectivity index (χ3v) is 4.18. The van der Waals surface area contributed by atoms with E-state index in [9.17, 15) is 0 Å². The lowest BCUT2D eigenvalue weighted by Gasteiger charge is -2.13. The Bertz CT molecular complexity index is 700. The molecule has 0 aliphatic heterocycles. The molecule has 0 saturated heterocycles. The van der Waals surface area contributed by atoms with Crippen LogP contribution in [0.2, 0.25) is 5.02 Å². The van der Waals surface area contributed by atoms with Crippen LogP contribution in [-0.2, 0) is 19.4 Å². The van der Waals surface area contributed by atoms with Crippen molar-refractivity contribution < 1.29 is 4.74 Å². The van der Waals surface area contributed by atoms with Gasteiger partial charge in [-0.15, -0.1) is 10.2 Å². The van der Waals surface area contributed by atoms with Gasteiger partial charge in [-0.3, -0.25) is 4.99 Å². The highest BCUT2D eigenvalue weighted by atomic mass is 35.5. The average Bonchev–Trinajstić information content (AvgIpc) is 3.09. The van der Waals surface area contributed by atoms with Crippen LogP contribution in [0.5, 0.6) is 5.75 Å². The van der Waals surface area contributed by atoms with Crippen molar-refractivity contribution in [1.29, 1.82) is 0 Å². The molecule has 0 atom stereocenters. The van der Waals surface area contributed by atoms with Gasteiger partial charge in [-0.05, 0) is 24.1 Å². The molecule has 1 heterocycles. The second-order valence-corrected chi connectivity index (χ2v) is 5.83. The maximum atomic E-state index is 6.26. The number of aryl methyl sites for hydroxylation is 1. The molecule has 2 aromatic rings. The summed E-state index contributed by atoms with van der Waals surface area (Å²) in [5.41, 5.74) is 1.07. The van der Waals surface area contributed by atoms with Crippen LogP contribution >= 0.6 is 11.6 Å². The van der Waals surface area contributed by atoms with Gasteiger partial charge in [0.1, 0.15) is 17.9 Å². The summed E-state index contributed by atoms with van der Waals surface area (Å²) in [6.07, 6.45) is 3.42. The standard InChI is InChI=1S/C17H25ClN6O/c1-4-16-23-22-12-24(16)10-9-21-17(19-2)20-8-7-13-5-6-14(25-3)11-15(13)18/h5-6,11-12H,4,7-10H2,1-3H3,(H2,19,20,21). The van der Waals surface area contributed by atoms with Crippen LogP contribution in [0.1, 0.15) is 18.3 Å². The molecule has 8 heteroatoms. The third kappa shape index (κ3) is 5.63. The van der Waals surface area contributed by atoms with E-state index < -0.39 is 0 Å². The van der Waals surface area contributed by atoms with Crippen molar-refractivity contribution in [3.05, 3.63) is 40.9 Å². The predicted molar refractivity (Wildman–Crippen MR) is 100 cm³/mol. The van der Waals surface area contributed by atoms with Crippen LogP contribution in [0.3, 0.4) is 0 Å². The molecule has 0 unspecified atom stereocenters. The Morgan fingerprint density at radius 2 is 2.12 bits per heavy atom. The van der Waals surface area contributed by atoms with Crippen LogP contribution in [0.4, 0.5) is 0 Å². The van der Waals surface area contributed by atoms with E-state index in [1.807, 2.05) is 22.8 Å². The SMILES string of the molecule is CCc1nncn1CCNC(=NC)NCCc1ccc(OC)cc1Cl. The minimum absolute atomic E-state index is 0.712. The summed E-state index contributed by atoms with van der Waals surface area (Å²) in [5, 5.41) is 15.3. The number of nitrogens with one attached hydrogen (secondary N) is 2. The number of benzene rings is 1.